The molecule has 1 heterocycles. The van der Waals surface area contributed by atoms with Crippen molar-refractivity contribution in [2.75, 3.05) is 26.7 Å². The molecule has 1 aliphatic heterocycles. The van der Waals surface area contributed by atoms with Crippen molar-refractivity contribution < 1.29 is 9.84 Å². The fraction of sp³-hybridized carbons (Fsp3) is 1.00. The summed E-state index contributed by atoms with van der Waals surface area (Å²) in [5.41, 5.74) is 5.27. The van der Waals surface area contributed by atoms with Crippen LogP contribution in [0.2, 0.25) is 0 Å². The minimum absolute atomic E-state index is 0.330. The highest BCUT2D eigenvalue weighted by atomic mass is 16.5. The molecular weight excluding hydrogens is 216 g/mol. The zero-order valence-corrected chi connectivity index (χ0v) is 11.5. The zero-order valence-electron chi connectivity index (χ0n) is 11.5. The number of hydrogen-bond donors (Lipinski definition) is 2. The summed E-state index contributed by atoms with van der Waals surface area (Å²) in [5.74, 6) is 0. The summed E-state index contributed by atoms with van der Waals surface area (Å²) in [4.78, 5) is 2.34. The van der Waals surface area contributed by atoms with Crippen molar-refractivity contribution in [3.8, 4) is 0 Å². The lowest BCUT2D eigenvalue weighted by Crippen LogP contribution is -2.54. The van der Waals surface area contributed by atoms with E-state index < -0.39 is 5.60 Å². The molecule has 0 radical (unpaired) electrons. The molecule has 0 saturated carbocycles. The number of β-amino-alcohol motifs (C(OH)–C–C–N with tert-alkyl or cyclic N) is 1. The maximum Gasteiger partial charge on any atom is 0.0769 e. The van der Waals surface area contributed by atoms with Gasteiger partial charge in [0.1, 0.15) is 0 Å². The number of nitrogens with zero attached hydrogens (tertiary/aromatic N) is 1. The first-order valence-electron chi connectivity index (χ1n) is 6.77. The van der Waals surface area contributed by atoms with Gasteiger partial charge in [-0.2, -0.15) is 0 Å². The Morgan fingerprint density at radius 1 is 1.41 bits per heavy atom. The Morgan fingerprint density at radius 3 is 2.53 bits per heavy atom. The van der Waals surface area contributed by atoms with Crippen molar-refractivity contribution in [1.29, 1.82) is 0 Å². The number of ether oxygens (including phenoxy) is 1. The van der Waals surface area contributed by atoms with E-state index >= 15 is 0 Å². The summed E-state index contributed by atoms with van der Waals surface area (Å²) >= 11 is 0. The molecular formula is C13H28N2O2. The van der Waals surface area contributed by atoms with Crippen LogP contribution in [0.15, 0.2) is 0 Å². The Morgan fingerprint density at radius 2 is 2.06 bits per heavy atom. The predicted molar refractivity (Wildman–Crippen MR) is 70.0 cm³/mol. The number of aliphatic hydroxyl groups is 1. The van der Waals surface area contributed by atoms with Crippen molar-refractivity contribution in [3.05, 3.63) is 0 Å². The average Bonchev–Trinajstić information content (AvgIpc) is 2.39. The van der Waals surface area contributed by atoms with Gasteiger partial charge in [-0.05, 0) is 25.7 Å². The lowest BCUT2D eigenvalue weighted by atomic mass is 9.92. The maximum absolute atomic E-state index is 10.4. The number of piperidine rings is 1. The van der Waals surface area contributed by atoms with Gasteiger partial charge >= 0.3 is 0 Å². The summed E-state index contributed by atoms with van der Waals surface area (Å²) in [6.07, 6.45) is 3.94. The summed E-state index contributed by atoms with van der Waals surface area (Å²) in [5, 5.41) is 10.4. The van der Waals surface area contributed by atoms with Gasteiger partial charge in [-0.3, -0.25) is 4.90 Å². The highest BCUT2D eigenvalue weighted by molar-refractivity contribution is 4.88. The second-order valence-corrected chi connectivity index (χ2v) is 5.17. The number of hydrogen-bond acceptors (Lipinski definition) is 4. The Balaban J connectivity index is 2.58. The molecule has 1 fully saturated rings. The largest absolute Gasteiger partial charge is 0.389 e. The van der Waals surface area contributed by atoms with Gasteiger partial charge in [-0.25, -0.2) is 0 Å². The van der Waals surface area contributed by atoms with E-state index in [-0.39, 0.29) is 0 Å². The molecule has 17 heavy (non-hydrogen) atoms. The summed E-state index contributed by atoms with van der Waals surface area (Å²) in [6, 6.07) is 0.346. The standard InChI is InChI=1S/C13H28N2O2/c1-4-13(16,5-2)10-15-7-6-12(17-3)8-11(15)9-14/h11-12,16H,4-10,14H2,1-3H3. The lowest BCUT2D eigenvalue weighted by Gasteiger charge is -2.42. The minimum atomic E-state index is -0.562. The normalized spacial score (nSPS) is 27.4. The molecule has 1 rings (SSSR count). The zero-order chi connectivity index (χ0) is 12.9. The first kappa shape index (κ1) is 14.9. The molecule has 1 aliphatic rings. The van der Waals surface area contributed by atoms with Crippen LogP contribution < -0.4 is 5.73 Å². The fourth-order valence-corrected chi connectivity index (χ4v) is 2.58. The van der Waals surface area contributed by atoms with Crippen molar-refractivity contribution >= 4 is 0 Å². The summed E-state index contributed by atoms with van der Waals surface area (Å²) in [6.45, 7) is 6.44. The van der Waals surface area contributed by atoms with Crippen LogP contribution in [0.5, 0.6) is 0 Å². The van der Waals surface area contributed by atoms with Gasteiger partial charge in [0.15, 0.2) is 0 Å². The Labute approximate surface area is 105 Å². The number of nitrogens with two attached hydrogens (primary N) is 1. The van der Waals surface area contributed by atoms with Gasteiger partial charge in [0.2, 0.25) is 0 Å². The molecule has 4 heteroatoms. The van der Waals surface area contributed by atoms with E-state index in [1.165, 1.54) is 0 Å². The SMILES string of the molecule is CCC(O)(CC)CN1CCC(OC)CC1CN. The fourth-order valence-electron chi connectivity index (χ4n) is 2.58. The van der Waals surface area contributed by atoms with Crippen molar-refractivity contribution in [3.63, 3.8) is 0 Å². The lowest BCUT2D eigenvalue weighted by molar-refractivity contribution is -0.0458. The Kier molecular flexibility index (Phi) is 5.86. The third-order valence-corrected chi connectivity index (χ3v) is 4.21. The molecule has 2 atom stereocenters. The molecule has 0 aliphatic carbocycles. The van der Waals surface area contributed by atoms with E-state index in [1.807, 2.05) is 13.8 Å². The van der Waals surface area contributed by atoms with E-state index in [2.05, 4.69) is 4.90 Å². The second kappa shape index (κ2) is 6.69. The smallest absolute Gasteiger partial charge is 0.0769 e. The number of methoxy groups -OCH3 is 1. The van der Waals surface area contributed by atoms with Crippen molar-refractivity contribution in [1.82, 2.24) is 4.90 Å². The molecule has 0 bridgehead atoms. The summed E-state index contributed by atoms with van der Waals surface area (Å²) in [7, 11) is 1.77. The highest BCUT2D eigenvalue weighted by Crippen LogP contribution is 2.24. The van der Waals surface area contributed by atoms with Crippen LogP contribution in [0.25, 0.3) is 0 Å². The van der Waals surface area contributed by atoms with Crippen LogP contribution in [0.4, 0.5) is 0 Å². The van der Waals surface area contributed by atoms with Crippen LogP contribution in [0.1, 0.15) is 39.5 Å². The number of rotatable bonds is 6. The maximum atomic E-state index is 10.4. The topological polar surface area (TPSA) is 58.7 Å². The molecule has 0 amide bonds. The average molecular weight is 244 g/mol. The van der Waals surface area contributed by atoms with Crippen molar-refractivity contribution in [2.45, 2.75) is 57.3 Å². The van der Waals surface area contributed by atoms with Crippen LogP contribution in [0.3, 0.4) is 0 Å². The Hall–Kier alpha value is -0.160. The van der Waals surface area contributed by atoms with E-state index in [1.54, 1.807) is 7.11 Å². The molecule has 0 aromatic rings. The quantitative estimate of drug-likeness (QED) is 0.731. The predicted octanol–water partition coefficient (Wildman–Crippen LogP) is 0.976. The minimum Gasteiger partial charge on any atom is -0.389 e. The van der Waals surface area contributed by atoms with Gasteiger partial charge in [-0.1, -0.05) is 13.8 Å². The first-order valence-corrected chi connectivity index (χ1v) is 6.77. The molecule has 0 spiro atoms. The molecule has 2 unspecified atom stereocenters. The van der Waals surface area contributed by atoms with Gasteiger partial charge < -0.3 is 15.6 Å². The van der Waals surface area contributed by atoms with E-state index in [9.17, 15) is 5.11 Å². The molecule has 1 saturated heterocycles. The van der Waals surface area contributed by atoms with Crippen LogP contribution in [-0.2, 0) is 4.74 Å². The molecule has 102 valence electrons. The first-order chi connectivity index (χ1) is 8.08. The third-order valence-electron chi connectivity index (χ3n) is 4.21. The van der Waals surface area contributed by atoms with Gasteiger partial charge in [-0.15, -0.1) is 0 Å². The second-order valence-electron chi connectivity index (χ2n) is 5.17. The molecule has 4 nitrogen and oxygen atoms in total. The van der Waals surface area contributed by atoms with Gasteiger partial charge in [0.05, 0.1) is 11.7 Å². The van der Waals surface area contributed by atoms with Crippen LogP contribution in [0, 0.1) is 0 Å². The number of likely N-dealkylation sites (tertiary alicyclic amines) is 1. The third kappa shape index (κ3) is 3.91. The van der Waals surface area contributed by atoms with Gasteiger partial charge in [0.25, 0.3) is 0 Å². The van der Waals surface area contributed by atoms with Crippen LogP contribution in [-0.4, -0.2) is 54.5 Å². The molecule has 0 aromatic heterocycles. The highest BCUT2D eigenvalue weighted by Gasteiger charge is 2.33. The van der Waals surface area contributed by atoms with Crippen LogP contribution >= 0.6 is 0 Å². The summed E-state index contributed by atoms with van der Waals surface area (Å²) < 4.78 is 5.41. The van der Waals surface area contributed by atoms with Gasteiger partial charge in [0, 0.05) is 32.8 Å². The van der Waals surface area contributed by atoms with E-state index in [0.717, 1.165) is 38.8 Å². The molecule has 3 N–H and O–H groups in total. The van der Waals surface area contributed by atoms with E-state index in [0.29, 0.717) is 18.7 Å². The monoisotopic (exact) mass is 244 g/mol. The Bertz CT molecular complexity index is 219. The molecule has 0 aromatic carbocycles. The van der Waals surface area contributed by atoms with Crippen molar-refractivity contribution in [2.24, 2.45) is 5.73 Å². The van der Waals surface area contributed by atoms with E-state index in [4.69, 9.17) is 10.5 Å².